The fourth-order valence-corrected chi connectivity index (χ4v) is 2.68. The molecular weight excluding hydrogens is 277 g/mol. The number of para-hydroxylation sites is 1. The molecule has 0 unspecified atom stereocenters. The molecule has 19 heavy (non-hydrogen) atoms. The Kier molecular flexibility index (Phi) is 4.73. The lowest BCUT2D eigenvalue weighted by atomic mass is 10.1. The largest absolute Gasteiger partial charge is 0.340 e. The van der Waals surface area contributed by atoms with Crippen molar-refractivity contribution in [1.82, 2.24) is 0 Å². The summed E-state index contributed by atoms with van der Waals surface area (Å²) in [7, 11) is 0. The van der Waals surface area contributed by atoms with E-state index in [1.807, 2.05) is 18.2 Å². The van der Waals surface area contributed by atoms with Crippen LogP contribution in [-0.2, 0) is 5.88 Å². The van der Waals surface area contributed by atoms with Gasteiger partial charge >= 0.3 is 0 Å². The van der Waals surface area contributed by atoms with Crippen LogP contribution in [0.2, 0.25) is 5.02 Å². The summed E-state index contributed by atoms with van der Waals surface area (Å²) in [5, 5.41) is 0.737. The van der Waals surface area contributed by atoms with Crippen LogP contribution in [0.15, 0.2) is 42.5 Å². The third kappa shape index (κ3) is 3.05. The molecule has 0 atom stereocenters. The van der Waals surface area contributed by atoms with Gasteiger partial charge in [0.05, 0.1) is 10.7 Å². The van der Waals surface area contributed by atoms with E-state index in [2.05, 4.69) is 43.0 Å². The molecule has 0 aliphatic carbocycles. The minimum atomic E-state index is 0.457. The van der Waals surface area contributed by atoms with Crippen molar-refractivity contribution in [3.05, 3.63) is 58.6 Å². The fraction of sp³-hybridized carbons (Fsp3) is 0.250. The summed E-state index contributed by atoms with van der Waals surface area (Å²) in [5.41, 5.74) is 4.44. The first kappa shape index (κ1) is 14.2. The van der Waals surface area contributed by atoms with Crippen molar-refractivity contribution in [2.45, 2.75) is 19.7 Å². The van der Waals surface area contributed by atoms with Gasteiger partial charge in [0.15, 0.2) is 0 Å². The maximum absolute atomic E-state index is 6.36. The number of nitrogens with zero attached hydrogens (tertiary/aromatic N) is 1. The summed E-state index contributed by atoms with van der Waals surface area (Å²) in [5.74, 6) is 0.457. The Bertz CT molecular complexity index is 549. The number of anilines is 2. The molecule has 1 nitrogen and oxygen atoms in total. The van der Waals surface area contributed by atoms with Crippen molar-refractivity contribution in [1.29, 1.82) is 0 Å². The van der Waals surface area contributed by atoms with E-state index in [0.717, 1.165) is 28.5 Å². The minimum absolute atomic E-state index is 0.457. The molecule has 0 aliphatic rings. The number of hydrogen-bond acceptors (Lipinski definition) is 1. The summed E-state index contributed by atoms with van der Waals surface area (Å²) in [6, 6.07) is 14.3. The van der Waals surface area contributed by atoms with Crippen molar-refractivity contribution < 1.29 is 0 Å². The van der Waals surface area contributed by atoms with Crippen LogP contribution in [0.5, 0.6) is 0 Å². The van der Waals surface area contributed by atoms with Crippen LogP contribution < -0.4 is 4.90 Å². The molecule has 0 fully saturated rings. The standard InChI is InChI=1S/C16H17Cl2N/c1-3-19(14-9-7-12(2)8-10-14)16-13(11-17)5-4-6-15(16)18/h4-10H,3,11H2,1-2H3. The first-order valence-electron chi connectivity index (χ1n) is 6.35. The summed E-state index contributed by atoms with van der Waals surface area (Å²) < 4.78 is 0. The molecule has 0 amide bonds. The normalized spacial score (nSPS) is 10.5. The third-order valence-corrected chi connectivity index (χ3v) is 3.74. The molecule has 0 bridgehead atoms. The molecule has 0 saturated carbocycles. The Morgan fingerprint density at radius 2 is 1.74 bits per heavy atom. The SMILES string of the molecule is CCN(c1ccc(C)cc1)c1c(Cl)cccc1CCl. The molecule has 0 spiro atoms. The van der Waals surface area contributed by atoms with Gasteiger partial charge in [-0.05, 0) is 37.6 Å². The average Bonchev–Trinajstić information content (AvgIpc) is 2.43. The number of benzene rings is 2. The second-order valence-corrected chi connectivity index (χ2v) is 5.14. The van der Waals surface area contributed by atoms with Crippen molar-refractivity contribution in [2.75, 3.05) is 11.4 Å². The van der Waals surface area contributed by atoms with Crippen LogP contribution in [-0.4, -0.2) is 6.54 Å². The molecule has 0 radical (unpaired) electrons. The zero-order chi connectivity index (χ0) is 13.8. The molecule has 100 valence electrons. The Morgan fingerprint density at radius 3 is 2.32 bits per heavy atom. The number of alkyl halides is 1. The number of rotatable bonds is 4. The fourth-order valence-electron chi connectivity index (χ4n) is 2.16. The van der Waals surface area contributed by atoms with Gasteiger partial charge in [-0.15, -0.1) is 11.6 Å². The minimum Gasteiger partial charge on any atom is -0.340 e. The molecule has 2 aromatic rings. The quantitative estimate of drug-likeness (QED) is 0.669. The molecule has 2 aromatic carbocycles. The molecule has 2 rings (SSSR count). The van der Waals surface area contributed by atoms with E-state index in [0.29, 0.717) is 5.88 Å². The lowest BCUT2D eigenvalue weighted by molar-refractivity contribution is 1.01. The predicted molar refractivity (Wildman–Crippen MR) is 84.9 cm³/mol. The first-order chi connectivity index (χ1) is 9.17. The Labute approximate surface area is 124 Å². The third-order valence-electron chi connectivity index (χ3n) is 3.15. The zero-order valence-electron chi connectivity index (χ0n) is 11.2. The van der Waals surface area contributed by atoms with Gasteiger partial charge in [-0.25, -0.2) is 0 Å². The van der Waals surface area contributed by atoms with E-state index in [4.69, 9.17) is 23.2 Å². The van der Waals surface area contributed by atoms with Gasteiger partial charge in [0.25, 0.3) is 0 Å². The number of hydrogen-bond donors (Lipinski definition) is 0. The van der Waals surface area contributed by atoms with E-state index in [9.17, 15) is 0 Å². The topological polar surface area (TPSA) is 3.24 Å². The van der Waals surface area contributed by atoms with Crippen LogP contribution >= 0.6 is 23.2 Å². The maximum atomic E-state index is 6.36. The van der Waals surface area contributed by atoms with Crippen LogP contribution in [0, 0.1) is 6.92 Å². The zero-order valence-corrected chi connectivity index (χ0v) is 12.7. The van der Waals surface area contributed by atoms with E-state index < -0.39 is 0 Å². The van der Waals surface area contributed by atoms with Crippen molar-refractivity contribution >= 4 is 34.6 Å². The monoisotopic (exact) mass is 293 g/mol. The Morgan fingerprint density at radius 1 is 1.05 bits per heavy atom. The Hall–Kier alpha value is -1.18. The van der Waals surface area contributed by atoms with Gasteiger partial charge in [0.1, 0.15) is 0 Å². The Balaban J connectivity index is 2.50. The van der Waals surface area contributed by atoms with Crippen molar-refractivity contribution in [3.8, 4) is 0 Å². The summed E-state index contributed by atoms with van der Waals surface area (Å²) >= 11 is 12.4. The summed E-state index contributed by atoms with van der Waals surface area (Å²) in [4.78, 5) is 2.19. The van der Waals surface area contributed by atoms with Crippen molar-refractivity contribution in [3.63, 3.8) is 0 Å². The molecule has 0 heterocycles. The van der Waals surface area contributed by atoms with Crippen molar-refractivity contribution in [2.24, 2.45) is 0 Å². The molecule has 0 aromatic heterocycles. The average molecular weight is 294 g/mol. The smallest absolute Gasteiger partial charge is 0.0646 e. The number of aryl methyl sites for hydroxylation is 1. The van der Waals surface area contributed by atoms with Crippen LogP contribution in [0.3, 0.4) is 0 Å². The number of halogens is 2. The van der Waals surface area contributed by atoms with Gasteiger partial charge in [-0.1, -0.05) is 41.4 Å². The van der Waals surface area contributed by atoms with E-state index in [1.165, 1.54) is 5.56 Å². The molecule has 0 aliphatic heterocycles. The highest BCUT2D eigenvalue weighted by Crippen LogP contribution is 2.35. The van der Waals surface area contributed by atoms with Crippen LogP contribution in [0.1, 0.15) is 18.1 Å². The lowest BCUT2D eigenvalue weighted by Crippen LogP contribution is -2.18. The molecular formula is C16H17Cl2N. The predicted octanol–water partition coefficient (Wildman–Crippen LogP) is 5.55. The summed E-state index contributed by atoms with van der Waals surface area (Å²) in [6.07, 6.45) is 0. The lowest BCUT2D eigenvalue weighted by Gasteiger charge is -2.26. The molecule has 0 saturated heterocycles. The van der Waals surface area contributed by atoms with Gasteiger partial charge < -0.3 is 4.90 Å². The van der Waals surface area contributed by atoms with Gasteiger partial charge in [-0.3, -0.25) is 0 Å². The summed E-state index contributed by atoms with van der Waals surface area (Å²) in [6.45, 7) is 5.04. The van der Waals surface area contributed by atoms with E-state index >= 15 is 0 Å². The second kappa shape index (κ2) is 6.31. The van der Waals surface area contributed by atoms with Gasteiger partial charge in [-0.2, -0.15) is 0 Å². The molecule has 3 heteroatoms. The second-order valence-electron chi connectivity index (χ2n) is 4.46. The van der Waals surface area contributed by atoms with Gasteiger partial charge in [0.2, 0.25) is 0 Å². The molecule has 0 N–H and O–H groups in total. The highest BCUT2D eigenvalue weighted by atomic mass is 35.5. The highest BCUT2D eigenvalue weighted by molar-refractivity contribution is 6.33. The first-order valence-corrected chi connectivity index (χ1v) is 7.26. The maximum Gasteiger partial charge on any atom is 0.0646 e. The highest BCUT2D eigenvalue weighted by Gasteiger charge is 2.14. The van der Waals surface area contributed by atoms with Gasteiger partial charge in [0, 0.05) is 18.1 Å². The van der Waals surface area contributed by atoms with Crippen LogP contribution in [0.25, 0.3) is 0 Å². The van der Waals surface area contributed by atoms with E-state index in [1.54, 1.807) is 0 Å². The van der Waals surface area contributed by atoms with E-state index in [-0.39, 0.29) is 0 Å². The van der Waals surface area contributed by atoms with Crippen LogP contribution in [0.4, 0.5) is 11.4 Å².